The Kier molecular flexibility index (Phi) is 4.30. The molecule has 0 fully saturated rings. The fourth-order valence-corrected chi connectivity index (χ4v) is 2.44. The molecule has 0 radical (unpaired) electrons. The molecule has 1 rings (SSSR count). The van der Waals surface area contributed by atoms with Crippen LogP contribution < -0.4 is 4.74 Å². The zero-order valence-corrected chi connectivity index (χ0v) is 11.6. The van der Waals surface area contributed by atoms with Crippen molar-refractivity contribution in [3.05, 3.63) is 26.3 Å². The molecule has 0 spiro atoms. The second kappa shape index (κ2) is 5.30. The van der Waals surface area contributed by atoms with Gasteiger partial charge in [0.1, 0.15) is 11.8 Å². The quantitative estimate of drug-likeness (QED) is 0.633. The van der Waals surface area contributed by atoms with E-state index in [-0.39, 0.29) is 5.78 Å². The Bertz CT molecular complexity index is 475. The third-order valence-electron chi connectivity index (χ3n) is 2.20. The lowest BCUT2D eigenvalue weighted by atomic mass is 10.0. The van der Waals surface area contributed by atoms with Crippen molar-refractivity contribution in [3.63, 3.8) is 0 Å². The molecule has 0 aliphatic carbocycles. The van der Waals surface area contributed by atoms with E-state index in [2.05, 4.69) is 6.07 Å². The average molecular weight is 329 g/mol. The number of benzene rings is 1. The minimum Gasteiger partial charge on any atom is -0.492 e. The molecule has 4 heteroatoms. The number of halogens is 1. The molecular weight excluding hydrogens is 317 g/mol. The van der Waals surface area contributed by atoms with E-state index in [0.29, 0.717) is 27.1 Å². The molecule has 0 bridgehead atoms. The number of hydrogen-bond acceptors (Lipinski definition) is 3. The molecule has 0 atom stereocenters. The first-order valence-electron chi connectivity index (χ1n) is 4.89. The van der Waals surface area contributed by atoms with Gasteiger partial charge in [0.25, 0.3) is 0 Å². The van der Waals surface area contributed by atoms with Crippen LogP contribution in [0.5, 0.6) is 5.75 Å². The molecule has 1 aromatic rings. The number of rotatable bonds is 3. The number of nitrogens with zero attached hydrogens (tertiary/aromatic N) is 1. The molecule has 0 aromatic heterocycles. The van der Waals surface area contributed by atoms with Gasteiger partial charge >= 0.3 is 0 Å². The van der Waals surface area contributed by atoms with E-state index >= 15 is 0 Å². The predicted octanol–water partition coefficient (Wildman–Crippen LogP) is 3.07. The van der Waals surface area contributed by atoms with Crippen molar-refractivity contribution in [2.24, 2.45) is 0 Å². The molecule has 3 nitrogen and oxygen atoms in total. The van der Waals surface area contributed by atoms with Crippen LogP contribution in [0.2, 0.25) is 0 Å². The number of aryl methyl sites for hydroxylation is 1. The van der Waals surface area contributed by atoms with Gasteiger partial charge in [0.05, 0.1) is 21.3 Å². The molecule has 0 amide bonds. The van der Waals surface area contributed by atoms with Crippen LogP contribution >= 0.6 is 22.6 Å². The van der Waals surface area contributed by atoms with Crippen molar-refractivity contribution in [2.75, 3.05) is 6.61 Å². The Morgan fingerprint density at radius 2 is 2.25 bits per heavy atom. The fraction of sp³-hybridized carbons (Fsp3) is 0.333. The second-order valence-corrected chi connectivity index (χ2v) is 4.44. The normalized spacial score (nSPS) is 9.69. The van der Waals surface area contributed by atoms with Crippen molar-refractivity contribution in [1.82, 2.24) is 0 Å². The molecule has 0 heterocycles. The average Bonchev–Trinajstić information content (AvgIpc) is 2.22. The fourth-order valence-electron chi connectivity index (χ4n) is 1.44. The zero-order valence-electron chi connectivity index (χ0n) is 9.43. The number of ketones is 1. The topological polar surface area (TPSA) is 50.1 Å². The van der Waals surface area contributed by atoms with Gasteiger partial charge in [-0.1, -0.05) is 0 Å². The molecule has 0 unspecified atom stereocenters. The summed E-state index contributed by atoms with van der Waals surface area (Å²) in [5, 5.41) is 9.03. The Hall–Kier alpha value is -1.09. The van der Waals surface area contributed by atoms with Crippen molar-refractivity contribution < 1.29 is 9.53 Å². The molecule has 16 heavy (non-hydrogen) atoms. The van der Waals surface area contributed by atoms with Gasteiger partial charge in [-0.3, -0.25) is 4.79 Å². The maximum atomic E-state index is 11.5. The van der Waals surface area contributed by atoms with E-state index in [4.69, 9.17) is 10.00 Å². The molecule has 0 N–H and O–H groups in total. The number of carbonyl (C=O) groups is 1. The van der Waals surface area contributed by atoms with Gasteiger partial charge in [0.2, 0.25) is 0 Å². The van der Waals surface area contributed by atoms with Crippen LogP contribution in [-0.4, -0.2) is 12.4 Å². The minimum absolute atomic E-state index is 0.0473. The monoisotopic (exact) mass is 329 g/mol. The highest BCUT2D eigenvalue weighted by Gasteiger charge is 2.17. The van der Waals surface area contributed by atoms with E-state index in [1.807, 2.05) is 36.4 Å². The Morgan fingerprint density at radius 3 is 2.69 bits per heavy atom. The third kappa shape index (κ3) is 2.35. The van der Waals surface area contributed by atoms with Gasteiger partial charge in [0.15, 0.2) is 5.78 Å². The summed E-state index contributed by atoms with van der Waals surface area (Å²) < 4.78 is 6.16. The summed E-state index contributed by atoms with van der Waals surface area (Å²) >= 11 is 2.05. The Labute approximate surface area is 109 Å². The molecular formula is C12H12INO2. The SMILES string of the molecule is CCOc1c(C(C)=O)cc(C)c(C#N)c1I. The first-order valence-corrected chi connectivity index (χ1v) is 5.97. The predicted molar refractivity (Wildman–Crippen MR) is 69.8 cm³/mol. The van der Waals surface area contributed by atoms with Gasteiger partial charge in [-0.05, 0) is 55.0 Å². The number of carbonyl (C=O) groups excluding carboxylic acids is 1. The molecule has 84 valence electrons. The van der Waals surface area contributed by atoms with Crippen LogP contribution in [0.3, 0.4) is 0 Å². The van der Waals surface area contributed by atoms with E-state index in [0.717, 1.165) is 5.56 Å². The van der Waals surface area contributed by atoms with Crippen LogP contribution in [0, 0.1) is 21.8 Å². The standard InChI is InChI=1S/C12H12INO2/c1-4-16-12-9(8(3)15)5-7(2)10(6-14)11(12)13/h5H,4H2,1-3H3. The number of Topliss-reactive ketones (excluding diaryl/α,β-unsaturated/α-hetero) is 1. The maximum absolute atomic E-state index is 11.5. The van der Waals surface area contributed by atoms with Crippen LogP contribution in [0.15, 0.2) is 6.07 Å². The molecule has 0 saturated heterocycles. The third-order valence-corrected chi connectivity index (χ3v) is 3.23. The van der Waals surface area contributed by atoms with E-state index < -0.39 is 0 Å². The summed E-state index contributed by atoms with van der Waals surface area (Å²) in [5.41, 5.74) is 1.93. The number of ether oxygens (including phenoxy) is 1. The van der Waals surface area contributed by atoms with E-state index in [1.165, 1.54) is 6.92 Å². The summed E-state index contributed by atoms with van der Waals surface area (Å²) in [5.74, 6) is 0.478. The summed E-state index contributed by atoms with van der Waals surface area (Å²) in [4.78, 5) is 11.5. The van der Waals surface area contributed by atoms with E-state index in [9.17, 15) is 4.79 Å². The van der Waals surface area contributed by atoms with Gasteiger partial charge < -0.3 is 4.74 Å². The van der Waals surface area contributed by atoms with Crippen LogP contribution in [-0.2, 0) is 0 Å². The lowest BCUT2D eigenvalue weighted by Crippen LogP contribution is -2.05. The van der Waals surface area contributed by atoms with Crippen molar-refractivity contribution in [3.8, 4) is 11.8 Å². The lowest BCUT2D eigenvalue weighted by Gasteiger charge is -2.13. The van der Waals surface area contributed by atoms with Gasteiger partial charge in [-0.2, -0.15) is 5.26 Å². The molecule has 0 saturated carbocycles. The molecule has 0 aliphatic heterocycles. The minimum atomic E-state index is -0.0473. The van der Waals surface area contributed by atoms with Gasteiger partial charge in [-0.15, -0.1) is 0 Å². The zero-order chi connectivity index (χ0) is 12.3. The highest BCUT2D eigenvalue weighted by molar-refractivity contribution is 14.1. The summed E-state index contributed by atoms with van der Waals surface area (Å²) in [6, 6.07) is 3.85. The molecule has 1 aromatic carbocycles. The lowest BCUT2D eigenvalue weighted by molar-refractivity contribution is 0.101. The Morgan fingerprint density at radius 1 is 1.62 bits per heavy atom. The largest absolute Gasteiger partial charge is 0.492 e. The van der Waals surface area contributed by atoms with Crippen LogP contribution in [0.4, 0.5) is 0 Å². The highest BCUT2D eigenvalue weighted by Crippen LogP contribution is 2.31. The first kappa shape index (κ1) is 13.0. The van der Waals surface area contributed by atoms with Gasteiger partial charge in [-0.25, -0.2) is 0 Å². The number of hydrogen-bond donors (Lipinski definition) is 0. The van der Waals surface area contributed by atoms with Crippen LogP contribution in [0.1, 0.15) is 35.3 Å². The Balaban J connectivity index is 3.53. The van der Waals surface area contributed by atoms with E-state index in [1.54, 1.807) is 6.07 Å². The second-order valence-electron chi connectivity index (χ2n) is 3.36. The number of nitriles is 1. The molecule has 0 aliphatic rings. The van der Waals surface area contributed by atoms with Gasteiger partial charge in [0, 0.05) is 0 Å². The smallest absolute Gasteiger partial charge is 0.163 e. The summed E-state index contributed by atoms with van der Waals surface area (Å²) in [6.07, 6.45) is 0. The van der Waals surface area contributed by atoms with Crippen molar-refractivity contribution in [2.45, 2.75) is 20.8 Å². The van der Waals surface area contributed by atoms with Crippen molar-refractivity contribution >= 4 is 28.4 Å². The summed E-state index contributed by atoms with van der Waals surface area (Å²) in [6.45, 7) is 5.65. The first-order chi connectivity index (χ1) is 7.52. The maximum Gasteiger partial charge on any atom is 0.163 e. The summed E-state index contributed by atoms with van der Waals surface area (Å²) in [7, 11) is 0. The van der Waals surface area contributed by atoms with Crippen molar-refractivity contribution in [1.29, 1.82) is 5.26 Å². The highest BCUT2D eigenvalue weighted by atomic mass is 127. The van der Waals surface area contributed by atoms with Crippen LogP contribution in [0.25, 0.3) is 0 Å².